The molecular weight excluding hydrogens is 424 g/mol. The van der Waals surface area contributed by atoms with Crippen molar-refractivity contribution in [3.8, 4) is 51.3 Å². The Balaban J connectivity index is 1.46. The van der Waals surface area contributed by atoms with Crippen molar-refractivity contribution in [2.45, 2.75) is 27.2 Å². The number of hydrogen-bond acceptors (Lipinski definition) is 5. The summed E-state index contributed by atoms with van der Waals surface area (Å²) in [6, 6.07) is 20.3. The number of methoxy groups -OCH3 is 1. The first-order valence-electron chi connectivity index (χ1n) is 11.3. The Labute approximate surface area is 198 Å². The van der Waals surface area contributed by atoms with Crippen LogP contribution in [0.2, 0.25) is 0 Å². The number of rotatable bonds is 6. The highest BCUT2D eigenvalue weighted by atomic mass is 16.5. The lowest BCUT2D eigenvalue weighted by Gasteiger charge is -2.06. The van der Waals surface area contributed by atoms with Crippen LogP contribution >= 0.6 is 0 Å². The zero-order chi connectivity index (χ0) is 23.7. The van der Waals surface area contributed by atoms with E-state index in [9.17, 15) is 0 Å². The first-order valence-corrected chi connectivity index (χ1v) is 11.3. The minimum atomic E-state index is 0.599. The third-order valence-electron chi connectivity index (χ3n) is 5.86. The van der Waals surface area contributed by atoms with Crippen molar-refractivity contribution in [2.24, 2.45) is 0 Å². The van der Waals surface area contributed by atoms with Gasteiger partial charge in [-0.2, -0.15) is 10.2 Å². The van der Waals surface area contributed by atoms with E-state index >= 15 is 0 Å². The highest BCUT2D eigenvalue weighted by molar-refractivity contribution is 5.71. The van der Waals surface area contributed by atoms with Crippen LogP contribution in [0.15, 0.2) is 60.7 Å². The van der Waals surface area contributed by atoms with Crippen LogP contribution in [0.1, 0.15) is 23.6 Å². The van der Waals surface area contributed by atoms with Crippen molar-refractivity contribution in [3.05, 3.63) is 77.4 Å². The normalized spacial score (nSPS) is 11.1. The molecule has 0 amide bonds. The summed E-state index contributed by atoms with van der Waals surface area (Å²) in [7, 11) is 1.66. The number of aryl methyl sites for hydroxylation is 3. The fourth-order valence-corrected chi connectivity index (χ4v) is 4.06. The Morgan fingerprint density at radius 1 is 0.735 bits per heavy atom. The van der Waals surface area contributed by atoms with Gasteiger partial charge in [-0.25, -0.2) is 9.97 Å². The molecule has 34 heavy (non-hydrogen) atoms. The molecule has 0 unspecified atom stereocenters. The van der Waals surface area contributed by atoms with E-state index < -0.39 is 0 Å². The van der Waals surface area contributed by atoms with E-state index in [2.05, 4.69) is 52.4 Å². The first-order chi connectivity index (χ1) is 16.6. The van der Waals surface area contributed by atoms with Gasteiger partial charge in [-0.05, 0) is 49.6 Å². The van der Waals surface area contributed by atoms with Gasteiger partial charge in [0.05, 0.1) is 12.7 Å². The predicted molar refractivity (Wildman–Crippen MR) is 133 cm³/mol. The Bertz CT molecular complexity index is 1360. The van der Waals surface area contributed by atoms with Gasteiger partial charge in [0, 0.05) is 16.7 Å². The van der Waals surface area contributed by atoms with Gasteiger partial charge in [-0.15, -0.1) is 0 Å². The van der Waals surface area contributed by atoms with Crippen LogP contribution in [0.4, 0.5) is 0 Å². The number of nitrogens with zero attached hydrogens (tertiary/aromatic N) is 4. The molecule has 0 bridgehead atoms. The molecule has 2 aromatic heterocycles. The van der Waals surface area contributed by atoms with Gasteiger partial charge in [-0.3, -0.25) is 10.2 Å². The van der Waals surface area contributed by atoms with Gasteiger partial charge in [0.15, 0.2) is 23.3 Å². The molecule has 170 valence electrons. The van der Waals surface area contributed by atoms with E-state index in [4.69, 9.17) is 14.7 Å². The highest BCUT2D eigenvalue weighted by Gasteiger charge is 2.15. The van der Waals surface area contributed by atoms with E-state index in [1.807, 2.05) is 49.4 Å². The van der Waals surface area contributed by atoms with Crippen molar-refractivity contribution in [2.75, 3.05) is 7.11 Å². The number of H-pyrrole nitrogens is 2. The Kier molecular flexibility index (Phi) is 5.67. The van der Waals surface area contributed by atoms with E-state index in [1.54, 1.807) is 7.11 Å². The SMILES string of the molecule is CCc1cc(C)ccc1-c1nc(-c2cccc(-c3n[nH]c(-c4ccc(C)cc4OC)n3)c2)n[nH]1. The summed E-state index contributed by atoms with van der Waals surface area (Å²) in [6.45, 7) is 6.28. The topological polar surface area (TPSA) is 92.4 Å². The van der Waals surface area contributed by atoms with E-state index in [1.165, 1.54) is 11.1 Å². The van der Waals surface area contributed by atoms with Crippen molar-refractivity contribution >= 4 is 0 Å². The number of benzene rings is 3. The molecule has 2 heterocycles. The largest absolute Gasteiger partial charge is 0.496 e. The van der Waals surface area contributed by atoms with E-state index in [0.29, 0.717) is 17.5 Å². The second-order valence-corrected chi connectivity index (χ2v) is 8.31. The molecule has 7 heteroatoms. The van der Waals surface area contributed by atoms with E-state index in [-0.39, 0.29) is 0 Å². The lowest BCUT2D eigenvalue weighted by Crippen LogP contribution is -1.91. The van der Waals surface area contributed by atoms with Gasteiger partial charge in [0.1, 0.15) is 5.75 Å². The average Bonchev–Trinajstić information content (AvgIpc) is 3.54. The van der Waals surface area contributed by atoms with Gasteiger partial charge >= 0.3 is 0 Å². The van der Waals surface area contributed by atoms with Crippen LogP contribution in [0.3, 0.4) is 0 Å². The summed E-state index contributed by atoms with van der Waals surface area (Å²) in [4.78, 5) is 9.49. The summed E-state index contributed by atoms with van der Waals surface area (Å²) < 4.78 is 5.53. The molecule has 7 nitrogen and oxygen atoms in total. The van der Waals surface area contributed by atoms with Crippen LogP contribution in [0, 0.1) is 13.8 Å². The minimum absolute atomic E-state index is 0.599. The number of ether oxygens (including phenoxy) is 1. The van der Waals surface area contributed by atoms with E-state index in [0.717, 1.165) is 45.8 Å². The molecule has 5 aromatic rings. The monoisotopic (exact) mass is 450 g/mol. The average molecular weight is 451 g/mol. The standard InChI is InChI=1S/C27H26N6O/c1-5-18-13-16(2)9-11-21(18)26-28-24(30-32-26)19-7-6-8-20(15-19)25-29-27(33-31-25)22-12-10-17(3)14-23(22)34-4/h6-15H,5H2,1-4H3,(H,28,30,32)(H,29,31,33). The second kappa shape index (κ2) is 8.94. The maximum absolute atomic E-state index is 5.53. The molecule has 0 aliphatic rings. The summed E-state index contributed by atoms with van der Waals surface area (Å²) >= 11 is 0. The van der Waals surface area contributed by atoms with Gasteiger partial charge in [-0.1, -0.05) is 55.0 Å². The zero-order valence-corrected chi connectivity index (χ0v) is 19.7. The number of hydrogen-bond donors (Lipinski definition) is 2. The van der Waals surface area contributed by atoms with Crippen LogP contribution in [-0.4, -0.2) is 37.5 Å². The van der Waals surface area contributed by atoms with Crippen molar-refractivity contribution < 1.29 is 4.74 Å². The molecule has 0 aliphatic carbocycles. The molecule has 3 aromatic carbocycles. The zero-order valence-electron chi connectivity index (χ0n) is 19.7. The lowest BCUT2D eigenvalue weighted by atomic mass is 10.0. The minimum Gasteiger partial charge on any atom is -0.496 e. The molecule has 0 aliphatic heterocycles. The van der Waals surface area contributed by atoms with Crippen LogP contribution in [0.5, 0.6) is 5.75 Å². The Morgan fingerprint density at radius 3 is 1.94 bits per heavy atom. The fraction of sp³-hybridized carbons (Fsp3) is 0.185. The predicted octanol–water partition coefficient (Wildman–Crippen LogP) is 5.78. The highest BCUT2D eigenvalue weighted by Crippen LogP contribution is 2.31. The summed E-state index contributed by atoms with van der Waals surface area (Å²) in [5.41, 5.74) is 7.32. The fourth-order valence-electron chi connectivity index (χ4n) is 4.06. The van der Waals surface area contributed by atoms with Gasteiger partial charge in [0.25, 0.3) is 0 Å². The summed E-state index contributed by atoms with van der Waals surface area (Å²) in [6.07, 6.45) is 0.932. The molecule has 0 spiro atoms. The number of aromatic nitrogens is 6. The third-order valence-corrected chi connectivity index (χ3v) is 5.86. The first kappa shape index (κ1) is 21.6. The summed E-state index contributed by atoms with van der Waals surface area (Å²) in [5, 5.41) is 15.1. The van der Waals surface area contributed by atoms with Crippen LogP contribution in [0.25, 0.3) is 45.6 Å². The van der Waals surface area contributed by atoms with Crippen molar-refractivity contribution in [1.82, 2.24) is 30.4 Å². The smallest absolute Gasteiger partial charge is 0.181 e. The second-order valence-electron chi connectivity index (χ2n) is 8.31. The Hall–Kier alpha value is -4.26. The lowest BCUT2D eigenvalue weighted by molar-refractivity contribution is 0.416. The molecule has 5 rings (SSSR count). The molecule has 0 saturated heterocycles. The molecular formula is C27H26N6O. The molecule has 0 atom stereocenters. The van der Waals surface area contributed by atoms with Crippen molar-refractivity contribution in [1.29, 1.82) is 0 Å². The maximum Gasteiger partial charge on any atom is 0.181 e. The van der Waals surface area contributed by atoms with Crippen molar-refractivity contribution in [3.63, 3.8) is 0 Å². The molecule has 2 N–H and O–H groups in total. The van der Waals surface area contributed by atoms with Crippen LogP contribution < -0.4 is 4.74 Å². The molecule has 0 saturated carbocycles. The van der Waals surface area contributed by atoms with Crippen LogP contribution in [-0.2, 0) is 6.42 Å². The molecule has 0 fully saturated rings. The quantitative estimate of drug-likeness (QED) is 0.342. The molecule has 0 radical (unpaired) electrons. The maximum atomic E-state index is 5.53. The Morgan fingerprint density at radius 2 is 1.32 bits per heavy atom. The third kappa shape index (κ3) is 4.08. The summed E-state index contributed by atoms with van der Waals surface area (Å²) in [5.74, 6) is 3.41. The van der Waals surface area contributed by atoms with Gasteiger partial charge in [0.2, 0.25) is 0 Å². The number of nitrogens with one attached hydrogen (secondary N) is 2. The van der Waals surface area contributed by atoms with Gasteiger partial charge < -0.3 is 4.74 Å². The number of aromatic amines is 2.